The zero-order valence-corrected chi connectivity index (χ0v) is 8.24. The third kappa shape index (κ3) is 4.20. The highest BCUT2D eigenvalue weighted by Gasteiger charge is 1.94. The van der Waals surface area contributed by atoms with Gasteiger partial charge in [-0.05, 0) is 12.1 Å². The molecule has 0 saturated carbocycles. The van der Waals surface area contributed by atoms with Gasteiger partial charge in [-0.15, -0.1) is 12.4 Å². The molecule has 12 heavy (non-hydrogen) atoms. The second-order valence-electron chi connectivity index (χ2n) is 2.31. The molecule has 1 rings (SSSR count). The lowest BCUT2D eigenvalue weighted by atomic mass is 10.3. The molecule has 0 heterocycles. The molecule has 0 spiro atoms. The Hall–Kier alpha value is -0.740. The minimum Gasteiger partial charge on any atom is -0.299 e. The van der Waals surface area contributed by atoms with Crippen molar-refractivity contribution in [2.24, 2.45) is 0 Å². The van der Waals surface area contributed by atoms with Gasteiger partial charge >= 0.3 is 0 Å². The van der Waals surface area contributed by atoms with Crippen molar-refractivity contribution < 1.29 is 4.21 Å². The molecular weight excluding hydrogens is 196 g/mol. The number of para-hydroxylation sites is 1. The Labute approximate surface area is 78.7 Å². The van der Waals surface area contributed by atoms with Crippen molar-refractivity contribution in [1.82, 2.24) is 0 Å². The molecule has 68 valence electrons. The Morgan fingerprint density at radius 2 is 1.83 bits per heavy atom. The van der Waals surface area contributed by atoms with Crippen LogP contribution in [0.5, 0.6) is 0 Å². The molecular formula is C7H11ClN2OS. The Balaban J connectivity index is 0.00000121. The second-order valence-corrected chi connectivity index (χ2v) is 4.20. The first kappa shape index (κ1) is 11.3. The highest BCUT2D eigenvalue weighted by molar-refractivity contribution is 7.93. The normalized spacial score (nSPS) is 14.1. The Morgan fingerprint density at radius 3 is 2.25 bits per heavy atom. The minimum atomic E-state index is -2.63. The molecule has 2 N–H and O–H groups in total. The number of anilines is 1. The van der Waals surface area contributed by atoms with E-state index in [0.29, 0.717) is 0 Å². The van der Waals surface area contributed by atoms with E-state index < -0.39 is 9.92 Å². The van der Waals surface area contributed by atoms with E-state index in [2.05, 4.69) is 4.72 Å². The van der Waals surface area contributed by atoms with Crippen molar-refractivity contribution in [3.05, 3.63) is 30.3 Å². The van der Waals surface area contributed by atoms with Crippen LogP contribution in [0.15, 0.2) is 30.3 Å². The van der Waals surface area contributed by atoms with Gasteiger partial charge in [0, 0.05) is 11.9 Å². The van der Waals surface area contributed by atoms with Gasteiger partial charge in [0.15, 0.2) is 0 Å². The number of rotatable bonds is 2. The van der Waals surface area contributed by atoms with E-state index in [-0.39, 0.29) is 12.4 Å². The van der Waals surface area contributed by atoms with Crippen LogP contribution in [0.3, 0.4) is 0 Å². The number of halogens is 1. The van der Waals surface area contributed by atoms with Gasteiger partial charge < -0.3 is 0 Å². The van der Waals surface area contributed by atoms with Gasteiger partial charge in [-0.25, -0.2) is 8.99 Å². The fourth-order valence-corrected chi connectivity index (χ4v) is 1.32. The van der Waals surface area contributed by atoms with E-state index in [4.69, 9.17) is 4.78 Å². The van der Waals surface area contributed by atoms with Crippen molar-refractivity contribution in [3.63, 3.8) is 0 Å². The fraction of sp³-hybridized carbons (Fsp3) is 0.143. The summed E-state index contributed by atoms with van der Waals surface area (Å²) in [5, 5.41) is 0. The molecule has 0 aliphatic rings. The summed E-state index contributed by atoms with van der Waals surface area (Å²) in [5.41, 5.74) is 0.718. The molecule has 1 atom stereocenters. The summed E-state index contributed by atoms with van der Waals surface area (Å²) < 4.78 is 20.6. The highest BCUT2D eigenvalue weighted by atomic mass is 35.5. The quantitative estimate of drug-likeness (QED) is 0.765. The van der Waals surface area contributed by atoms with Gasteiger partial charge in [0.25, 0.3) is 0 Å². The molecule has 0 aliphatic carbocycles. The van der Waals surface area contributed by atoms with E-state index in [9.17, 15) is 4.21 Å². The molecule has 0 amide bonds. The minimum absolute atomic E-state index is 0. The molecule has 3 nitrogen and oxygen atoms in total. The molecule has 0 fully saturated rings. The summed E-state index contributed by atoms with van der Waals surface area (Å²) in [5.74, 6) is 0. The maximum atomic E-state index is 10.9. The van der Waals surface area contributed by atoms with Gasteiger partial charge in [-0.2, -0.15) is 0 Å². The van der Waals surface area contributed by atoms with Crippen LogP contribution in [-0.2, 0) is 9.92 Å². The Bertz CT molecular complexity index is 323. The monoisotopic (exact) mass is 206 g/mol. The number of nitrogens with one attached hydrogen (secondary N) is 2. The molecule has 0 aromatic heterocycles. The summed E-state index contributed by atoms with van der Waals surface area (Å²) in [6, 6.07) is 9.07. The van der Waals surface area contributed by atoms with Crippen LogP contribution in [0.1, 0.15) is 0 Å². The first-order valence-corrected chi connectivity index (χ1v) is 5.11. The predicted molar refractivity (Wildman–Crippen MR) is 54.1 cm³/mol. The summed E-state index contributed by atoms with van der Waals surface area (Å²) in [4.78, 5) is 0. The molecule has 1 aromatic rings. The van der Waals surface area contributed by atoms with Crippen molar-refractivity contribution >= 4 is 28.0 Å². The van der Waals surface area contributed by atoms with Gasteiger partial charge in [-0.1, -0.05) is 18.2 Å². The SMILES string of the molecule is CS(=N)(=O)Nc1ccccc1.Cl. The van der Waals surface area contributed by atoms with Crippen LogP contribution < -0.4 is 4.72 Å². The average molecular weight is 207 g/mol. The van der Waals surface area contributed by atoms with Gasteiger partial charge in [0.05, 0.1) is 0 Å². The van der Waals surface area contributed by atoms with E-state index in [1.54, 1.807) is 12.1 Å². The number of hydrogen-bond donors (Lipinski definition) is 2. The molecule has 1 unspecified atom stereocenters. The van der Waals surface area contributed by atoms with Crippen LogP contribution in [0.25, 0.3) is 0 Å². The third-order valence-corrected chi connectivity index (χ3v) is 1.71. The predicted octanol–water partition coefficient (Wildman–Crippen LogP) is 2.11. The third-order valence-electron chi connectivity index (χ3n) is 1.09. The van der Waals surface area contributed by atoms with Crippen LogP contribution in [0.2, 0.25) is 0 Å². The standard InChI is InChI=1S/C7H10N2OS.ClH/c1-11(8,10)9-7-5-3-2-4-6-7;/h2-6H,1H3,(H2,8,9,10);1H. The lowest BCUT2D eigenvalue weighted by molar-refractivity contribution is 0.682. The molecule has 0 bridgehead atoms. The summed E-state index contributed by atoms with van der Waals surface area (Å²) in [6.45, 7) is 0. The van der Waals surface area contributed by atoms with Crippen molar-refractivity contribution in [1.29, 1.82) is 4.78 Å². The van der Waals surface area contributed by atoms with E-state index in [0.717, 1.165) is 5.69 Å². The smallest absolute Gasteiger partial charge is 0.123 e. The maximum Gasteiger partial charge on any atom is 0.123 e. The lowest BCUT2D eigenvalue weighted by Crippen LogP contribution is -2.07. The first-order chi connectivity index (χ1) is 5.08. The average Bonchev–Trinajstić information content (AvgIpc) is 1.85. The van der Waals surface area contributed by atoms with Crippen LogP contribution in [0, 0.1) is 4.78 Å². The molecule has 0 radical (unpaired) electrons. The van der Waals surface area contributed by atoms with Gasteiger partial charge in [0.2, 0.25) is 0 Å². The van der Waals surface area contributed by atoms with Crippen LogP contribution >= 0.6 is 12.4 Å². The fourth-order valence-electron chi connectivity index (χ4n) is 0.731. The zero-order valence-electron chi connectivity index (χ0n) is 6.61. The van der Waals surface area contributed by atoms with Crippen molar-refractivity contribution in [3.8, 4) is 0 Å². The molecule has 5 heteroatoms. The maximum absolute atomic E-state index is 10.9. The summed E-state index contributed by atoms with van der Waals surface area (Å²) >= 11 is 0. The lowest BCUT2D eigenvalue weighted by Gasteiger charge is -2.03. The zero-order chi connectivity index (χ0) is 8.32. The Morgan fingerprint density at radius 1 is 1.33 bits per heavy atom. The van der Waals surface area contributed by atoms with Gasteiger partial charge in [-0.3, -0.25) is 4.72 Å². The van der Waals surface area contributed by atoms with E-state index >= 15 is 0 Å². The van der Waals surface area contributed by atoms with Gasteiger partial charge in [0.1, 0.15) is 9.92 Å². The van der Waals surface area contributed by atoms with Crippen molar-refractivity contribution in [2.45, 2.75) is 0 Å². The molecule has 0 aliphatic heterocycles. The number of hydrogen-bond acceptors (Lipinski definition) is 2. The first-order valence-electron chi connectivity index (χ1n) is 3.14. The van der Waals surface area contributed by atoms with E-state index in [1.807, 2.05) is 18.2 Å². The van der Waals surface area contributed by atoms with Crippen molar-refractivity contribution in [2.75, 3.05) is 11.0 Å². The topological polar surface area (TPSA) is 53.0 Å². The Kier molecular flexibility index (Phi) is 4.06. The largest absolute Gasteiger partial charge is 0.299 e. The summed E-state index contributed by atoms with van der Waals surface area (Å²) in [7, 11) is -2.63. The van der Waals surface area contributed by atoms with E-state index in [1.165, 1.54) is 6.26 Å². The van der Waals surface area contributed by atoms with Crippen LogP contribution in [0.4, 0.5) is 5.69 Å². The number of benzene rings is 1. The van der Waals surface area contributed by atoms with Crippen LogP contribution in [-0.4, -0.2) is 10.5 Å². The molecule has 0 saturated heterocycles. The second kappa shape index (κ2) is 4.33. The summed E-state index contributed by atoms with van der Waals surface area (Å²) in [6.07, 6.45) is 1.35. The highest BCUT2D eigenvalue weighted by Crippen LogP contribution is 2.06. The molecule has 1 aromatic carbocycles.